The summed E-state index contributed by atoms with van der Waals surface area (Å²) >= 11 is 12.2. The fourth-order valence-electron chi connectivity index (χ4n) is 2.31. The molecule has 0 fully saturated rings. The van der Waals surface area contributed by atoms with Gasteiger partial charge in [-0.2, -0.15) is 0 Å². The number of anilines is 1. The first-order valence-corrected chi connectivity index (χ1v) is 9.24. The van der Waals surface area contributed by atoms with E-state index in [0.29, 0.717) is 21.5 Å². The maximum atomic E-state index is 12.2. The molecule has 150 valence electrons. The molecule has 0 heterocycles. The molecular weight excluding hydrogens is 405 g/mol. The van der Waals surface area contributed by atoms with Crippen LogP contribution in [0.1, 0.15) is 29.8 Å². The molecule has 0 aromatic heterocycles. The highest BCUT2D eigenvalue weighted by Gasteiger charge is 2.16. The number of ether oxygens (including phenoxy) is 3. The second-order valence-electron chi connectivity index (χ2n) is 6.21. The smallest absolute Gasteiger partial charge is 0.338 e. The molecule has 8 heteroatoms. The van der Waals surface area contributed by atoms with Crippen LogP contribution in [0.5, 0.6) is 11.5 Å². The highest BCUT2D eigenvalue weighted by atomic mass is 35.5. The number of methoxy groups -OCH3 is 1. The number of rotatable bonds is 7. The molecule has 2 rings (SSSR count). The van der Waals surface area contributed by atoms with Crippen LogP contribution < -0.4 is 14.8 Å². The molecule has 2 aromatic carbocycles. The number of esters is 1. The molecule has 28 heavy (non-hydrogen) atoms. The van der Waals surface area contributed by atoms with Gasteiger partial charge >= 0.3 is 5.97 Å². The third-order valence-corrected chi connectivity index (χ3v) is 4.45. The summed E-state index contributed by atoms with van der Waals surface area (Å²) in [6.45, 7) is 5.06. The average molecular weight is 426 g/mol. The minimum Gasteiger partial charge on any atom is -0.493 e. The maximum absolute atomic E-state index is 12.2. The van der Waals surface area contributed by atoms with Crippen LogP contribution in [0.15, 0.2) is 30.3 Å². The molecule has 0 atom stereocenters. The van der Waals surface area contributed by atoms with Crippen LogP contribution in [0.25, 0.3) is 0 Å². The number of benzene rings is 2. The number of nitrogens with one attached hydrogen (secondary N) is 1. The third kappa shape index (κ3) is 5.53. The van der Waals surface area contributed by atoms with Gasteiger partial charge in [0.2, 0.25) is 0 Å². The van der Waals surface area contributed by atoms with Crippen LogP contribution in [-0.2, 0) is 9.53 Å². The number of aryl methyl sites for hydroxylation is 1. The maximum Gasteiger partial charge on any atom is 0.338 e. The van der Waals surface area contributed by atoms with Crippen molar-refractivity contribution in [1.82, 2.24) is 0 Å². The standard InChI is InChI=1S/C20H21Cl2NO5/c1-11(2)28-15-8-6-13(9-16(15)26-4)20(25)27-10-17(24)23-19-14(21)7-5-12(3)18(19)22/h5-9,11H,10H2,1-4H3,(H,23,24). The van der Waals surface area contributed by atoms with Crippen LogP contribution in [0.2, 0.25) is 10.0 Å². The number of amides is 1. The van der Waals surface area contributed by atoms with Crippen molar-refractivity contribution in [3.05, 3.63) is 51.5 Å². The number of halogens is 2. The average Bonchev–Trinajstić information content (AvgIpc) is 2.66. The Bertz CT molecular complexity index is 883. The van der Waals surface area contributed by atoms with Crippen molar-refractivity contribution in [1.29, 1.82) is 0 Å². The molecule has 0 bridgehead atoms. The molecule has 1 N–H and O–H groups in total. The van der Waals surface area contributed by atoms with E-state index in [0.717, 1.165) is 5.56 Å². The lowest BCUT2D eigenvalue weighted by Gasteiger charge is -2.14. The van der Waals surface area contributed by atoms with Gasteiger partial charge in [-0.25, -0.2) is 4.79 Å². The van der Waals surface area contributed by atoms with E-state index in [1.807, 2.05) is 13.8 Å². The molecule has 2 aromatic rings. The molecule has 0 spiro atoms. The Balaban J connectivity index is 2.02. The van der Waals surface area contributed by atoms with Crippen molar-refractivity contribution in [2.75, 3.05) is 19.0 Å². The van der Waals surface area contributed by atoms with Gasteiger partial charge in [-0.05, 0) is 50.6 Å². The first-order chi connectivity index (χ1) is 13.2. The van der Waals surface area contributed by atoms with Crippen molar-refractivity contribution >= 4 is 40.8 Å². The van der Waals surface area contributed by atoms with Crippen LogP contribution in [-0.4, -0.2) is 31.7 Å². The monoisotopic (exact) mass is 425 g/mol. The lowest BCUT2D eigenvalue weighted by Crippen LogP contribution is -2.21. The van der Waals surface area contributed by atoms with Crippen molar-refractivity contribution < 1.29 is 23.8 Å². The Morgan fingerprint density at radius 2 is 1.82 bits per heavy atom. The molecule has 1 amide bonds. The molecule has 0 saturated carbocycles. The zero-order valence-corrected chi connectivity index (χ0v) is 17.5. The number of hydrogen-bond acceptors (Lipinski definition) is 5. The second kappa shape index (κ2) is 9.66. The van der Waals surface area contributed by atoms with E-state index in [2.05, 4.69) is 5.32 Å². The van der Waals surface area contributed by atoms with Gasteiger partial charge in [0.1, 0.15) is 0 Å². The van der Waals surface area contributed by atoms with E-state index in [1.54, 1.807) is 25.1 Å². The fourth-order valence-corrected chi connectivity index (χ4v) is 2.77. The lowest BCUT2D eigenvalue weighted by atomic mass is 10.2. The molecule has 0 unspecified atom stereocenters. The van der Waals surface area contributed by atoms with Gasteiger partial charge in [0, 0.05) is 0 Å². The number of hydrogen-bond donors (Lipinski definition) is 1. The third-order valence-electron chi connectivity index (χ3n) is 3.64. The lowest BCUT2D eigenvalue weighted by molar-refractivity contribution is -0.119. The summed E-state index contributed by atoms with van der Waals surface area (Å²) in [5.74, 6) is -0.332. The van der Waals surface area contributed by atoms with Crippen molar-refractivity contribution in [2.45, 2.75) is 26.9 Å². The van der Waals surface area contributed by atoms with Gasteiger partial charge in [-0.1, -0.05) is 29.3 Å². The second-order valence-corrected chi connectivity index (χ2v) is 6.99. The predicted molar refractivity (Wildman–Crippen MR) is 109 cm³/mol. The minimum atomic E-state index is -0.675. The zero-order valence-electron chi connectivity index (χ0n) is 16.0. The predicted octanol–water partition coefficient (Wildman–Crippen LogP) is 4.89. The van der Waals surface area contributed by atoms with Gasteiger partial charge in [0.05, 0.1) is 34.5 Å². The molecular formula is C20H21Cl2NO5. The Labute approximate surface area is 173 Å². The normalized spacial score (nSPS) is 10.5. The highest BCUT2D eigenvalue weighted by molar-refractivity contribution is 6.40. The number of carbonyl (C=O) groups is 2. The van der Waals surface area contributed by atoms with Gasteiger partial charge in [0.25, 0.3) is 5.91 Å². The highest BCUT2D eigenvalue weighted by Crippen LogP contribution is 2.33. The van der Waals surface area contributed by atoms with Crippen LogP contribution in [0.3, 0.4) is 0 Å². The summed E-state index contributed by atoms with van der Waals surface area (Å²) < 4.78 is 15.9. The van der Waals surface area contributed by atoms with Gasteiger partial charge < -0.3 is 19.5 Å². The first-order valence-electron chi connectivity index (χ1n) is 8.49. The van der Waals surface area contributed by atoms with Crippen LogP contribution in [0, 0.1) is 6.92 Å². The quantitative estimate of drug-likeness (QED) is 0.638. The summed E-state index contributed by atoms with van der Waals surface area (Å²) in [6.07, 6.45) is -0.0457. The van der Waals surface area contributed by atoms with E-state index in [1.165, 1.54) is 19.2 Å². The van der Waals surface area contributed by atoms with Crippen molar-refractivity contribution in [3.8, 4) is 11.5 Å². The van der Waals surface area contributed by atoms with Gasteiger partial charge in [-0.3, -0.25) is 4.79 Å². The molecule has 0 aliphatic heterocycles. The Morgan fingerprint density at radius 3 is 2.46 bits per heavy atom. The molecule has 0 aliphatic carbocycles. The summed E-state index contributed by atoms with van der Waals surface area (Å²) in [7, 11) is 1.47. The summed E-state index contributed by atoms with van der Waals surface area (Å²) in [6, 6.07) is 8.00. The minimum absolute atomic E-state index is 0.0457. The van der Waals surface area contributed by atoms with Crippen molar-refractivity contribution in [2.24, 2.45) is 0 Å². The SMILES string of the molecule is COc1cc(C(=O)OCC(=O)Nc2c(Cl)ccc(C)c2Cl)ccc1OC(C)C. The van der Waals surface area contributed by atoms with Gasteiger partial charge in [0.15, 0.2) is 18.1 Å². The molecule has 0 radical (unpaired) electrons. The van der Waals surface area contributed by atoms with E-state index in [9.17, 15) is 9.59 Å². The van der Waals surface area contributed by atoms with Crippen molar-refractivity contribution in [3.63, 3.8) is 0 Å². The zero-order chi connectivity index (χ0) is 20.8. The van der Waals surface area contributed by atoms with E-state index < -0.39 is 18.5 Å². The number of carbonyl (C=O) groups excluding carboxylic acids is 2. The Hall–Kier alpha value is -2.44. The molecule has 0 aliphatic rings. The Kier molecular flexibility index (Phi) is 7.54. The summed E-state index contributed by atoms with van der Waals surface area (Å²) in [5, 5.41) is 3.18. The van der Waals surface area contributed by atoms with E-state index in [4.69, 9.17) is 37.4 Å². The fraction of sp³-hybridized carbons (Fsp3) is 0.300. The summed E-state index contributed by atoms with van der Waals surface area (Å²) in [4.78, 5) is 24.4. The topological polar surface area (TPSA) is 73.9 Å². The first kappa shape index (κ1) is 21.9. The largest absolute Gasteiger partial charge is 0.493 e. The van der Waals surface area contributed by atoms with E-state index >= 15 is 0 Å². The van der Waals surface area contributed by atoms with Gasteiger partial charge in [-0.15, -0.1) is 0 Å². The van der Waals surface area contributed by atoms with Crippen LogP contribution >= 0.6 is 23.2 Å². The van der Waals surface area contributed by atoms with E-state index in [-0.39, 0.29) is 17.4 Å². The van der Waals surface area contributed by atoms with Crippen LogP contribution in [0.4, 0.5) is 5.69 Å². The molecule has 0 saturated heterocycles. The molecule has 6 nitrogen and oxygen atoms in total. The summed E-state index contributed by atoms with van der Waals surface area (Å²) in [5.41, 5.74) is 1.27. The Morgan fingerprint density at radius 1 is 1.11 bits per heavy atom.